The van der Waals surface area contributed by atoms with Gasteiger partial charge in [0.1, 0.15) is 0 Å². The molecule has 0 bridgehead atoms. The highest BCUT2D eigenvalue weighted by molar-refractivity contribution is 4.41. The molecule has 6 nitrogen and oxygen atoms in total. The Morgan fingerprint density at radius 3 is 2.00 bits per heavy atom. The zero-order valence-electron chi connectivity index (χ0n) is 13.2. The van der Waals surface area contributed by atoms with Crippen molar-refractivity contribution in [2.75, 3.05) is 60.0 Å². The number of unbranched alkanes of at least 4 members (excludes halogenated alkanes) is 1. The van der Waals surface area contributed by atoms with Crippen LogP contribution in [0.1, 0.15) is 26.7 Å². The summed E-state index contributed by atoms with van der Waals surface area (Å²) < 4.78 is 19.9. The van der Waals surface area contributed by atoms with E-state index in [0.717, 1.165) is 19.4 Å². The van der Waals surface area contributed by atoms with Crippen LogP contribution in [-0.4, -0.2) is 76.3 Å². The standard InChI is InChI=1S/C7H16O4.C7H16O2/c1-9-4-5-11-7-6-10-3-2-8;1-3-4-5-9-6-7(2)8/h8H,2-7H2,1H3;7-8H,3-6H2,1-2H3. The molecule has 0 aromatic heterocycles. The number of ether oxygens (including phenoxy) is 4. The zero-order chi connectivity index (χ0) is 15.5. The van der Waals surface area contributed by atoms with Gasteiger partial charge in [0.05, 0.1) is 52.4 Å². The number of aliphatic hydroxyl groups excluding tert-OH is 2. The van der Waals surface area contributed by atoms with Gasteiger partial charge in [0.15, 0.2) is 0 Å². The van der Waals surface area contributed by atoms with Crippen molar-refractivity contribution in [1.29, 1.82) is 0 Å². The molecule has 0 aliphatic heterocycles. The molecule has 0 aliphatic carbocycles. The second-order valence-electron chi connectivity index (χ2n) is 4.22. The minimum atomic E-state index is -0.318. The van der Waals surface area contributed by atoms with Crippen molar-refractivity contribution in [2.45, 2.75) is 32.8 Å². The Balaban J connectivity index is 0. The molecule has 1 atom stereocenters. The number of hydrogen-bond donors (Lipinski definition) is 2. The SMILES string of the molecule is CCCCOCC(C)O.COCCOCCOCCO. The van der Waals surface area contributed by atoms with E-state index in [1.54, 1.807) is 14.0 Å². The Hall–Kier alpha value is -0.240. The second kappa shape index (κ2) is 21.1. The third-order valence-electron chi connectivity index (χ3n) is 2.04. The molecule has 124 valence electrons. The van der Waals surface area contributed by atoms with Gasteiger partial charge in [-0.05, 0) is 13.3 Å². The zero-order valence-corrected chi connectivity index (χ0v) is 13.2. The van der Waals surface area contributed by atoms with Crippen molar-refractivity contribution in [1.82, 2.24) is 0 Å². The monoisotopic (exact) mass is 296 g/mol. The first-order chi connectivity index (χ1) is 9.68. The highest BCUT2D eigenvalue weighted by Crippen LogP contribution is 1.89. The minimum Gasteiger partial charge on any atom is -0.394 e. The minimum absolute atomic E-state index is 0.0675. The molecule has 6 heteroatoms. The second-order valence-corrected chi connectivity index (χ2v) is 4.22. The highest BCUT2D eigenvalue weighted by Gasteiger charge is 1.92. The molecule has 0 amide bonds. The third kappa shape index (κ3) is 26.3. The van der Waals surface area contributed by atoms with Crippen molar-refractivity contribution >= 4 is 0 Å². The van der Waals surface area contributed by atoms with Crippen LogP contribution in [0, 0.1) is 0 Å². The van der Waals surface area contributed by atoms with Crippen LogP contribution in [0.4, 0.5) is 0 Å². The van der Waals surface area contributed by atoms with Gasteiger partial charge in [-0.3, -0.25) is 0 Å². The molecular formula is C14H32O6. The maximum Gasteiger partial charge on any atom is 0.0745 e. The number of rotatable bonds is 13. The van der Waals surface area contributed by atoms with Crippen LogP contribution in [-0.2, 0) is 18.9 Å². The van der Waals surface area contributed by atoms with Gasteiger partial charge in [-0.2, -0.15) is 0 Å². The molecule has 0 radical (unpaired) electrons. The molecule has 0 aromatic carbocycles. The summed E-state index contributed by atoms with van der Waals surface area (Å²) >= 11 is 0. The summed E-state index contributed by atoms with van der Waals surface area (Å²) in [7, 11) is 1.63. The highest BCUT2D eigenvalue weighted by atomic mass is 16.5. The predicted octanol–water partition coefficient (Wildman–Crippen LogP) is 0.842. The lowest BCUT2D eigenvalue weighted by Gasteiger charge is -2.03. The largest absolute Gasteiger partial charge is 0.394 e. The summed E-state index contributed by atoms with van der Waals surface area (Å²) in [5.41, 5.74) is 0. The van der Waals surface area contributed by atoms with Crippen molar-refractivity contribution in [2.24, 2.45) is 0 Å². The summed E-state index contributed by atoms with van der Waals surface area (Å²) in [6, 6.07) is 0. The Bertz CT molecular complexity index is 147. The van der Waals surface area contributed by atoms with Crippen LogP contribution in [0.3, 0.4) is 0 Å². The van der Waals surface area contributed by atoms with E-state index in [1.807, 2.05) is 0 Å². The Morgan fingerprint density at radius 2 is 1.50 bits per heavy atom. The van der Waals surface area contributed by atoms with E-state index in [4.69, 9.17) is 29.2 Å². The van der Waals surface area contributed by atoms with Crippen molar-refractivity contribution in [3.05, 3.63) is 0 Å². The Labute approximate surface area is 123 Å². The van der Waals surface area contributed by atoms with Gasteiger partial charge in [-0.1, -0.05) is 13.3 Å². The lowest BCUT2D eigenvalue weighted by molar-refractivity contribution is 0.0159. The van der Waals surface area contributed by atoms with E-state index < -0.39 is 0 Å². The van der Waals surface area contributed by atoms with E-state index in [-0.39, 0.29) is 12.7 Å². The summed E-state index contributed by atoms with van der Waals surface area (Å²) in [5.74, 6) is 0. The molecule has 0 saturated heterocycles. The van der Waals surface area contributed by atoms with Crippen molar-refractivity contribution in [3.8, 4) is 0 Å². The predicted molar refractivity (Wildman–Crippen MR) is 78.0 cm³/mol. The van der Waals surface area contributed by atoms with Gasteiger partial charge >= 0.3 is 0 Å². The Morgan fingerprint density at radius 1 is 0.900 bits per heavy atom. The molecule has 0 fully saturated rings. The van der Waals surface area contributed by atoms with Gasteiger partial charge in [-0.15, -0.1) is 0 Å². The molecule has 0 spiro atoms. The fourth-order valence-corrected chi connectivity index (χ4v) is 1.03. The average Bonchev–Trinajstić information content (AvgIpc) is 2.43. The molecule has 20 heavy (non-hydrogen) atoms. The molecule has 0 heterocycles. The van der Waals surface area contributed by atoms with Crippen LogP contribution in [0.2, 0.25) is 0 Å². The first-order valence-electron chi connectivity index (χ1n) is 7.20. The maximum atomic E-state index is 8.73. The van der Waals surface area contributed by atoms with Crippen LogP contribution in [0.25, 0.3) is 0 Å². The van der Waals surface area contributed by atoms with Gasteiger partial charge < -0.3 is 29.2 Å². The Kier molecular flexibility index (Phi) is 23.2. The lowest BCUT2D eigenvalue weighted by Crippen LogP contribution is -2.10. The molecule has 0 aromatic rings. The van der Waals surface area contributed by atoms with E-state index >= 15 is 0 Å². The van der Waals surface area contributed by atoms with Gasteiger partial charge in [0.25, 0.3) is 0 Å². The lowest BCUT2D eigenvalue weighted by atomic mass is 10.4. The van der Waals surface area contributed by atoms with Gasteiger partial charge in [-0.25, -0.2) is 0 Å². The fraction of sp³-hybridized carbons (Fsp3) is 1.00. The topological polar surface area (TPSA) is 77.4 Å². The molecule has 0 rings (SSSR count). The molecule has 1 unspecified atom stereocenters. The van der Waals surface area contributed by atoms with E-state index in [2.05, 4.69) is 6.92 Å². The van der Waals surface area contributed by atoms with Crippen LogP contribution in [0.5, 0.6) is 0 Å². The quantitative estimate of drug-likeness (QED) is 0.491. The van der Waals surface area contributed by atoms with Gasteiger partial charge in [0.2, 0.25) is 0 Å². The number of methoxy groups -OCH3 is 1. The molecule has 0 saturated carbocycles. The fourth-order valence-electron chi connectivity index (χ4n) is 1.03. The summed E-state index contributed by atoms with van der Waals surface area (Å²) in [4.78, 5) is 0. The van der Waals surface area contributed by atoms with Crippen LogP contribution >= 0.6 is 0 Å². The van der Waals surface area contributed by atoms with Crippen LogP contribution < -0.4 is 0 Å². The molecule has 0 aliphatic rings. The number of hydrogen-bond acceptors (Lipinski definition) is 6. The number of aliphatic hydroxyl groups is 2. The van der Waals surface area contributed by atoms with E-state index in [1.165, 1.54) is 0 Å². The van der Waals surface area contributed by atoms with Crippen molar-refractivity contribution < 1.29 is 29.2 Å². The summed E-state index contributed by atoms with van der Waals surface area (Å²) in [6.45, 7) is 7.84. The molecular weight excluding hydrogens is 264 g/mol. The first-order valence-corrected chi connectivity index (χ1v) is 7.20. The van der Waals surface area contributed by atoms with Crippen molar-refractivity contribution in [3.63, 3.8) is 0 Å². The average molecular weight is 296 g/mol. The maximum absolute atomic E-state index is 8.73. The van der Waals surface area contributed by atoms with Gasteiger partial charge in [0, 0.05) is 13.7 Å². The smallest absolute Gasteiger partial charge is 0.0745 e. The van der Waals surface area contributed by atoms with Crippen LogP contribution in [0.15, 0.2) is 0 Å². The summed E-state index contributed by atoms with van der Waals surface area (Å²) in [6.07, 6.45) is 1.92. The van der Waals surface area contributed by atoms with E-state index in [9.17, 15) is 0 Å². The first kappa shape index (κ1) is 22.0. The molecule has 2 N–H and O–H groups in total. The normalized spacial score (nSPS) is 11.8. The third-order valence-corrected chi connectivity index (χ3v) is 2.04. The summed E-state index contributed by atoms with van der Waals surface area (Å²) in [5, 5.41) is 17.0. The van der Waals surface area contributed by atoms with E-state index in [0.29, 0.717) is 39.6 Å².